The molecule has 3 aliphatic rings. The molecule has 1 aromatic carbocycles. The second-order valence-electron chi connectivity index (χ2n) is 8.85. The lowest BCUT2D eigenvalue weighted by Gasteiger charge is -2.28. The first kappa shape index (κ1) is 20.9. The van der Waals surface area contributed by atoms with Gasteiger partial charge in [0.25, 0.3) is 11.5 Å². The minimum atomic E-state index is -3.07. The SMILES string of the molecule is COc1c(N2CC3C=CCC(F)(F)C(N)C3C2)c(F)c(N)c2c(=O)[nH]c(=O)n(C3CC3)c12. The number of allylic oxidation sites excluding steroid dienone is 1. The summed E-state index contributed by atoms with van der Waals surface area (Å²) >= 11 is 0. The van der Waals surface area contributed by atoms with Crippen molar-refractivity contribution in [2.45, 2.75) is 37.3 Å². The number of aromatic nitrogens is 2. The average Bonchev–Trinajstić information content (AvgIpc) is 3.49. The van der Waals surface area contributed by atoms with Crippen LogP contribution in [0.5, 0.6) is 5.75 Å². The van der Waals surface area contributed by atoms with Gasteiger partial charge in [0.2, 0.25) is 0 Å². The summed E-state index contributed by atoms with van der Waals surface area (Å²) in [6.45, 7) is 0.279. The van der Waals surface area contributed by atoms with E-state index >= 15 is 4.39 Å². The van der Waals surface area contributed by atoms with Gasteiger partial charge in [0.05, 0.1) is 24.2 Å². The normalized spacial score (nSPS) is 26.9. The number of hydrogen-bond acceptors (Lipinski definition) is 6. The highest BCUT2D eigenvalue weighted by atomic mass is 19.3. The Morgan fingerprint density at radius 1 is 1.25 bits per heavy atom. The van der Waals surface area contributed by atoms with Crippen molar-refractivity contribution in [2.24, 2.45) is 17.6 Å². The van der Waals surface area contributed by atoms with Gasteiger partial charge in [0.1, 0.15) is 11.2 Å². The number of nitrogens with one attached hydrogen (secondary N) is 1. The summed E-state index contributed by atoms with van der Waals surface area (Å²) in [5.74, 6) is -4.90. The number of ether oxygens (including phenoxy) is 1. The third kappa shape index (κ3) is 2.94. The highest BCUT2D eigenvalue weighted by Gasteiger charge is 2.49. The Labute approximate surface area is 180 Å². The number of H-pyrrole nitrogens is 1. The zero-order valence-corrected chi connectivity index (χ0v) is 17.4. The summed E-state index contributed by atoms with van der Waals surface area (Å²) in [5.41, 5.74) is 10.2. The van der Waals surface area contributed by atoms with Crippen molar-refractivity contribution in [3.8, 4) is 5.75 Å². The van der Waals surface area contributed by atoms with Crippen LogP contribution >= 0.6 is 0 Å². The molecule has 11 heteroatoms. The van der Waals surface area contributed by atoms with Gasteiger partial charge in [-0.25, -0.2) is 18.0 Å². The molecule has 2 aliphatic carbocycles. The fourth-order valence-corrected chi connectivity index (χ4v) is 5.10. The molecule has 1 aliphatic heterocycles. The zero-order chi connectivity index (χ0) is 22.9. The summed E-state index contributed by atoms with van der Waals surface area (Å²) in [6, 6.07) is -1.56. The molecule has 8 nitrogen and oxygen atoms in total. The van der Waals surface area contributed by atoms with Crippen molar-refractivity contribution in [3.63, 3.8) is 0 Å². The molecule has 3 unspecified atom stereocenters. The topological polar surface area (TPSA) is 119 Å². The number of hydrogen-bond donors (Lipinski definition) is 3. The first-order valence-corrected chi connectivity index (χ1v) is 10.5. The minimum Gasteiger partial charge on any atom is -0.492 e. The third-order valence-electron chi connectivity index (χ3n) is 6.85. The molecule has 1 aromatic heterocycles. The maximum atomic E-state index is 15.6. The van der Waals surface area contributed by atoms with E-state index in [0.717, 1.165) is 12.8 Å². The predicted molar refractivity (Wildman–Crippen MR) is 114 cm³/mol. The molecular weight excluding hydrogens is 427 g/mol. The number of nitrogens with two attached hydrogens (primary N) is 2. The number of alkyl halides is 2. The molecule has 1 saturated heterocycles. The quantitative estimate of drug-likeness (QED) is 0.483. The van der Waals surface area contributed by atoms with Crippen LogP contribution in [-0.2, 0) is 0 Å². The van der Waals surface area contributed by atoms with Gasteiger partial charge in [0.15, 0.2) is 11.6 Å². The lowest BCUT2D eigenvalue weighted by atomic mass is 9.88. The number of anilines is 2. The Hall–Kier alpha value is -2.95. The largest absolute Gasteiger partial charge is 0.492 e. The van der Waals surface area contributed by atoms with Gasteiger partial charge in [-0.1, -0.05) is 12.2 Å². The molecule has 32 heavy (non-hydrogen) atoms. The molecule has 0 spiro atoms. The van der Waals surface area contributed by atoms with E-state index in [4.69, 9.17) is 16.2 Å². The lowest BCUT2D eigenvalue weighted by Crippen LogP contribution is -2.47. The van der Waals surface area contributed by atoms with Crippen LogP contribution in [-0.4, -0.2) is 41.7 Å². The fraction of sp³-hybridized carbons (Fsp3) is 0.524. The maximum Gasteiger partial charge on any atom is 0.329 e. The zero-order valence-electron chi connectivity index (χ0n) is 17.4. The van der Waals surface area contributed by atoms with E-state index in [1.807, 2.05) is 0 Å². The minimum absolute atomic E-state index is 0.0115. The molecule has 2 heterocycles. The van der Waals surface area contributed by atoms with E-state index in [-0.39, 0.29) is 47.4 Å². The first-order valence-electron chi connectivity index (χ1n) is 10.5. The molecule has 3 atom stereocenters. The van der Waals surface area contributed by atoms with E-state index in [1.165, 1.54) is 17.8 Å². The number of benzene rings is 1. The van der Waals surface area contributed by atoms with Gasteiger partial charge in [0, 0.05) is 37.4 Å². The molecule has 2 aromatic rings. The van der Waals surface area contributed by atoms with Crippen LogP contribution in [0.4, 0.5) is 24.5 Å². The number of fused-ring (bicyclic) bond motifs is 2. The van der Waals surface area contributed by atoms with Gasteiger partial charge in [-0.15, -0.1) is 0 Å². The van der Waals surface area contributed by atoms with Crippen LogP contribution in [0.15, 0.2) is 21.7 Å². The maximum absolute atomic E-state index is 15.6. The van der Waals surface area contributed by atoms with E-state index < -0.39 is 47.1 Å². The fourth-order valence-electron chi connectivity index (χ4n) is 5.10. The Kier molecular flexibility index (Phi) is 4.59. The number of nitrogen functional groups attached to an aromatic ring is 1. The molecule has 0 amide bonds. The van der Waals surface area contributed by atoms with Crippen LogP contribution in [0, 0.1) is 17.7 Å². The van der Waals surface area contributed by atoms with Crippen molar-refractivity contribution in [1.82, 2.24) is 9.55 Å². The van der Waals surface area contributed by atoms with Crippen LogP contribution in [0.25, 0.3) is 10.9 Å². The molecule has 0 bridgehead atoms. The lowest BCUT2D eigenvalue weighted by molar-refractivity contribution is -0.0376. The second kappa shape index (κ2) is 7.03. The summed E-state index contributed by atoms with van der Waals surface area (Å²) in [7, 11) is 1.31. The Balaban J connectivity index is 1.72. The predicted octanol–water partition coefficient (Wildman–Crippen LogP) is 1.73. The van der Waals surface area contributed by atoms with Crippen molar-refractivity contribution in [1.29, 1.82) is 0 Å². The summed E-state index contributed by atoms with van der Waals surface area (Å²) < 4.78 is 51.2. The van der Waals surface area contributed by atoms with Gasteiger partial charge in [-0.2, -0.15) is 0 Å². The molecule has 172 valence electrons. The van der Waals surface area contributed by atoms with Crippen molar-refractivity contribution in [2.75, 3.05) is 30.8 Å². The molecule has 5 rings (SSSR count). The monoisotopic (exact) mass is 451 g/mol. The highest BCUT2D eigenvalue weighted by molar-refractivity contribution is 5.99. The van der Waals surface area contributed by atoms with Crippen LogP contribution in [0.2, 0.25) is 0 Å². The van der Waals surface area contributed by atoms with Crippen LogP contribution in [0.1, 0.15) is 25.3 Å². The van der Waals surface area contributed by atoms with Gasteiger partial charge in [-0.05, 0) is 12.8 Å². The van der Waals surface area contributed by atoms with Crippen molar-refractivity contribution < 1.29 is 17.9 Å². The van der Waals surface area contributed by atoms with E-state index in [1.54, 1.807) is 11.0 Å². The molecule has 2 fully saturated rings. The smallest absolute Gasteiger partial charge is 0.329 e. The van der Waals surface area contributed by atoms with Gasteiger partial charge < -0.3 is 21.1 Å². The number of methoxy groups -OCH3 is 1. The van der Waals surface area contributed by atoms with E-state index in [0.29, 0.717) is 0 Å². The number of rotatable bonds is 3. The summed E-state index contributed by atoms with van der Waals surface area (Å²) in [5, 5.41) is -0.161. The van der Waals surface area contributed by atoms with Crippen LogP contribution in [0.3, 0.4) is 0 Å². The molecule has 5 N–H and O–H groups in total. The summed E-state index contributed by atoms with van der Waals surface area (Å²) in [6.07, 6.45) is 4.13. The highest BCUT2D eigenvalue weighted by Crippen LogP contribution is 2.47. The van der Waals surface area contributed by atoms with Crippen molar-refractivity contribution in [3.05, 3.63) is 38.8 Å². The Morgan fingerprint density at radius 3 is 2.62 bits per heavy atom. The molecular formula is C21H24F3N5O3. The van der Waals surface area contributed by atoms with Gasteiger partial charge >= 0.3 is 5.69 Å². The Morgan fingerprint density at radius 2 is 1.97 bits per heavy atom. The van der Waals surface area contributed by atoms with E-state index in [9.17, 15) is 18.4 Å². The average molecular weight is 451 g/mol. The molecule has 1 saturated carbocycles. The standard InChI is InChI=1S/C21H24F3N5O3/c1-32-17-15-12(19(30)27-20(31)29(15)10-4-5-10)14(25)13(22)16(17)28-7-9-3-2-6-21(23,24)18(26)11(9)8-28/h2-3,9-11,18H,4-8,25-26H2,1H3,(H,27,30,31). The summed E-state index contributed by atoms with van der Waals surface area (Å²) in [4.78, 5) is 28.9. The number of halogens is 3. The number of aromatic amines is 1. The van der Waals surface area contributed by atoms with Gasteiger partial charge in [-0.3, -0.25) is 14.3 Å². The number of nitrogens with zero attached hydrogens (tertiary/aromatic N) is 2. The third-order valence-corrected chi connectivity index (χ3v) is 6.85. The first-order chi connectivity index (χ1) is 15.2. The van der Waals surface area contributed by atoms with Crippen LogP contribution < -0.4 is 32.4 Å². The second-order valence-corrected chi connectivity index (χ2v) is 8.85. The molecule has 0 radical (unpaired) electrons. The Bertz CT molecular complexity index is 1250. The van der Waals surface area contributed by atoms with E-state index in [2.05, 4.69) is 4.98 Å². The van der Waals surface area contributed by atoms with Crippen molar-refractivity contribution >= 4 is 22.3 Å².